The van der Waals surface area contributed by atoms with Gasteiger partial charge < -0.3 is 5.73 Å². The van der Waals surface area contributed by atoms with Crippen LogP contribution in [-0.2, 0) is 0 Å². The van der Waals surface area contributed by atoms with E-state index in [1.165, 1.54) is 0 Å². The Morgan fingerprint density at radius 3 is 2.25 bits per heavy atom. The molecule has 0 aromatic heterocycles. The Labute approximate surface area is 51.6 Å². The molecule has 0 bridgehead atoms. The van der Waals surface area contributed by atoms with Gasteiger partial charge in [-0.05, 0) is 20.3 Å². The zero-order valence-corrected chi connectivity index (χ0v) is 5.94. The van der Waals surface area contributed by atoms with E-state index in [1.54, 1.807) is 0 Å². The van der Waals surface area contributed by atoms with Crippen LogP contribution >= 0.6 is 0 Å². The van der Waals surface area contributed by atoms with Crippen LogP contribution in [0.25, 0.3) is 0 Å². The Bertz CT molecular complexity index is 82.4. The van der Waals surface area contributed by atoms with Crippen LogP contribution in [-0.4, -0.2) is 5.54 Å². The number of hydrogen-bond acceptors (Lipinski definition) is 1. The lowest BCUT2D eigenvalue weighted by molar-refractivity contribution is 0.563. The Hall–Kier alpha value is -0.300. The van der Waals surface area contributed by atoms with E-state index in [2.05, 4.69) is 6.92 Å². The Morgan fingerprint density at radius 1 is 1.62 bits per heavy atom. The van der Waals surface area contributed by atoms with Gasteiger partial charge in [0.2, 0.25) is 0 Å². The standard InChI is InChI=1S/C7H15N/c1-4-6-7(3,8)5-2/h4,6H,5,8H2,1-3H3/b6-4+. The van der Waals surface area contributed by atoms with Crippen LogP contribution < -0.4 is 5.73 Å². The van der Waals surface area contributed by atoms with Crippen LogP contribution in [0, 0.1) is 0 Å². The smallest absolute Gasteiger partial charge is 0.0307 e. The molecule has 0 spiro atoms. The van der Waals surface area contributed by atoms with Crippen molar-refractivity contribution in [2.45, 2.75) is 32.7 Å². The van der Waals surface area contributed by atoms with E-state index >= 15 is 0 Å². The van der Waals surface area contributed by atoms with Crippen LogP contribution in [0.2, 0.25) is 0 Å². The van der Waals surface area contributed by atoms with Crippen molar-refractivity contribution in [3.8, 4) is 0 Å². The molecule has 0 rings (SSSR count). The van der Waals surface area contributed by atoms with Crippen molar-refractivity contribution in [3.63, 3.8) is 0 Å². The van der Waals surface area contributed by atoms with E-state index < -0.39 is 0 Å². The normalized spacial score (nSPS) is 19.0. The molecular weight excluding hydrogens is 98.1 g/mol. The fourth-order valence-corrected chi connectivity index (χ4v) is 0.499. The Balaban J connectivity index is 3.71. The molecule has 0 aliphatic carbocycles. The highest BCUT2D eigenvalue weighted by molar-refractivity contribution is 4.99. The Kier molecular flexibility index (Phi) is 2.77. The molecule has 8 heavy (non-hydrogen) atoms. The first-order valence-electron chi connectivity index (χ1n) is 3.05. The molecule has 0 radical (unpaired) electrons. The summed E-state index contributed by atoms with van der Waals surface area (Å²) in [6.07, 6.45) is 5.01. The highest BCUT2D eigenvalue weighted by Crippen LogP contribution is 2.04. The second-order valence-corrected chi connectivity index (χ2v) is 2.36. The lowest BCUT2D eigenvalue weighted by atomic mass is 10.0. The maximum Gasteiger partial charge on any atom is 0.0307 e. The zero-order chi connectivity index (χ0) is 6.62. The first-order valence-corrected chi connectivity index (χ1v) is 3.05. The summed E-state index contributed by atoms with van der Waals surface area (Å²) in [5.74, 6) is 0. The van der Waals surface area contributed by atoms with Crippen molar-refractivity contribution in [3.05, 3.63) is 12.2 Å². The van der Waals surface area contributed by atoms with Gasteiger partial charge in [0.05, 0.1) is 0 Å². The second-order valence-electron chi connectivity index (χ2n) is 2.36. The maximum absolute atomic E-state index is 5.74. The molecule has 0 aliphatic rings. The van der Waals surface area contributed by atoms with Gasteiger partial charge in [-0.1, -0.05) is 19.1 Å². The molecule has 2 N–H and O–H groups in total. The molecule has 48 valence electrons. The molecule has 0 fully saturated rings. The van der Waals surface area contributed by atoms with Crippen LogP contribution in [0.3, 0.4) is 0 Å². The van der Waals surface area contributed by atoms with Crippen molar-refractivity contribution in [2.24, 2.45) is 5.73 Å². The van der Waals surface area contributed by atoms with E-state index in [9.17, 15) is 0 Å². The molecule has 0 amide bonds. The van der Waals surface area contributed by atoms with E-state index in [1.807, 2.05) is 26.0 Å². The van der Waals surface area contributed by atoms with Gasteiger partial charge in [0.1, 0.15) is 0 Å². The third-order valence-electron chi connectivity index (χ3n) is 1.31. The van der Waals surface area contributed by atoms with Crippen molar-refractivity contribution < 1.29 is 0 Å². The van der Waals surface area contributed by atoms with Gasteiger partial charge in [-0.2, -0.15) is 0 Å². The predicted molar refractivity (Wildman–Crippen MR) is 37.7 cm³/mol. The highest BCUT2D eigenvalue weighted by Gasteiger charge is 2.08. The summed E-state index contributed by atoms with van der Waals surface area (Å²) in [5, 5.41) is 0. The average molecular weight is 113 g/mol. The van der Waals surface area contributed by atoms with E-state index in [4.69, 9.17) is 5.73 Å². The summed E-state index contributed by atoms with van der Waals surface area (Å²) in [5.41, 5.74) is 5.65. The van der Waals surface area contributed by atoms with Crippen molar-refractivity contribution in [2.75, 3.05) is 0 Å². The zero-order valence-electron chi connectivity index (χ0n) is 5.94. The van der Waals surface area contributed by atoms with Crippen LogP contribution in [0.4, 0.5) is 0 Å². The minimum atomic E-state index is -0.0885. The van der Waals surface area contributed by atoms with Crippen molar-refractivity contribution >= 4 is 0 Å². The fraction of sp³-hybridized carbons (Fsp3) is 0.714. The summed E-state index contributed by atoms with van der Waals surface area (Å²) in [6.45, 7) is 6.09. The minimum absolute atomic E-state index is 0.0885. The molecule has 1 unspecified atom stereocenters. The third kappa shape index (κ3) is 2.80. The van der Waals surface area contributed by atoms with Gasteiger partial charge in [0.15, 0.2) is 0 Å². The number of nitrogens with two attached hydrogens (primary N) is 1. The number of allylic oxidation sites excluding steroid dienone is 1. The van der Waals surface area contributed by atoms with Crippen molar-refractivity contribution in [1.82, 2.24) is 0 Å². The first-order chi connectivity index (χ1) is 3.62. The van der Waals surface area contributed by atoms with Gasteiger partial charge in [-0.15, -0.1) is 0 Å². The van der Waals surface area contributed by atoms with Crippen molar-refractivity contribution in [1.29, 1.82) is 0 Å². The summed E-state index contributed by atoms with van der Waals surface area (Å²) >= 11 is 0. The van der Waals surface area contributed by atoms with Gasteiger partial charge in [0, 0.05) is 5.54 Å². The SMILES string of the molecule is C/C=C/C(C)(N)CC. The molecule has 0 saturated carbocycles. The van der Waals surface area contributed by atoms with Crippen LogP contribution in [0.15, 0.2) is 12.2 Å². The molecule has 0 aliphatic heterocycles. The minimum Gasteiger partial charge on any atom is -0.322 e. The molecule has 0 aromatic carbocycles. The Morgan fingerprint density at radius 2 is 2.12 bits per heavy atom. The molecule has 0 aromatic rings. The van der Waals surface area contributed by atoms with E-state index in [0.29, 0.717) is 0 Å². The molecule has 1 heteroatoms. The van der Waals surface area contributed by atoms with Gasteiger partial charge in [-0.25, -0.2) is 0 Å². The molecular formula is C7H15N. The third-order valence-corrected chi connectivity index (χ3v) is 1.31. The molecule has 0 saturated heterocycles. The average Bonchev–Trinajstić information content (AvgIpc) is 1.67. The monoisotopic (exact) mass is 113 g/mol. The first kappa shape index (κ1) is 7.70. The predicted octanol–water partition coefficient (Wildman–Crippen LogP) is 1.69. The maximum atomic E-state index is 5.74. The van der Waals surface area contributed by atoms with Gasteiger partial charge in [-0.3, -0.25) is 0 Å². The fourth-order valence-electron chi connectivity index (χ4n) is 0.499. The molecule has 0 heterocycles. The summed E-state index contributed by atoms with van der Waals surface area (Å²) in [4.78, 5) is 0. The highest BCUT2D eigenvalue weighted by atomic mass is 14.7. The van der Waals surface area contributed by atoms with E-state index in [-0.39, 0.29) is 5.54 Å². The van der Waals surface area contributed by atoms with E-state index in [0.717, 1.165) is 6.42 Å². The lowest BCUT2D eigenvalue weighted by Crippen LogP contribution is -2.32. The number of rotatable bonds is 2. The van der Waals surface area contributed by atoms with Gasteiger partial charge >= 0.3 is 0 Å². The summed E-state index contributed by atoms with van der Waals surface area (Å²) in [7, 11) is 0. The quantitative estimate of drug-likeness (QED) is 0.542. The summed E-state index contributed by atoms with van der Waals surface area (Å²) < 4.78 is 0. The summed E-state index contributed by atoms with van der Waals surface area (Å²) in [6, 6.07) is 0. The van der Waals surface area contributed by atoms with Gasteiger partial charge in [0.25, 0.3) is 0 Å². The second kappa shape index (κ2) is 2.88. The largest absolute Gasteiger partial charge is 0.322 e. The van der Waals surface area contributed by atoms with Crippen LogP contribution in [0.5, 0.6) is 0 Å². The molecule has 1 nitrogen and oxygen atoms in total. The number of hydrogen-bond donors (Lipinski definition) is 1. The topological polar surface area (TPSA) is 26.0 Å². The lowest BCUT2D eigenvalue weighted by Gasteiger charge is -2.16. The van der Waals surface area contributed by atoms with Crippen LogP contribution in [0.1, 0.15) is 27.2 Å². The molecule has 1 atom stereocenters.